The van der Waals surface area contributed by atoms with E-state index in [0.29, 0.717) is 0 Å². The Morgan fingerprint density at radius 3 is 2.56 bits per heavy atom. The number of aryl methyl sites for hydroxylation is 2. The van der Waals surface area contributed by atoms with Crippen molar-refractivity contribution in [3.05, 3.63) is 15.6 Å². The maximum Gasteiger partial charge on any atom is 0.263 e. The van der Waals surface area contributed by atoms with Gasteiger partial charge in [-0.1, -0.05) is 20.3 Å². The number of carbonyl (C=O) groups excluding carboxylic acids is 1. The van der Waals surface area contributed by atoms with E-state index in [1.165, 1.54) is 11.3 Å². The summed E-state index contributed by atoms with van der Waals surface area (Å²) in [5.74, 6) is 0.0193. The number of hydrogen-bond donors (Lipinski definition) is 1. The second kappa shape index (κ2) is 6.32. The van der Waals surface area contributed by atoms with Crippen molar-refractivity contribution in [1.82, 2.24) is 10.3 Å². The van der Waals surface area contributed by atoms with Crippen molar-refractivity contribution < 1.29 is 4.79 Å². The highest BCUT2D eigenvalue weighted by atomic mass is 32.1. The minimum Gasteiger partial charge on any atom is -0.346 e. The maximum atomic E-state index is 12.2. The predicted molar refractivity (Wildman–Crippen MR) is 77.3 cm³/mol. The number of nitrogens with one attached hydrogen (secondary N) is 1. The summed E-state index contributed by atoms with van der Waals surface area (Å²) in [4.78, 5) is 17.5. The average Bonchev–Trinajstić information content (AvgIpc) is 2.59. The van der Waals surface area contributed by atoms with Crippen molar-refractivity contribution in [2.24, 2.45) is 0 Å². The highest BCUT2D eigenvalue weighted by Gasteiger charge is 2.23. The molecular formula is C14H24N2OS. The van der Waals surface area contributed by atoms with Crippen LogP contribution in [0.25, 0.3) is 0 Å². The highest BCUT2D eigenvalue weighted by Crippen LogP contribution is 2.21. The van der Waals surface area contributed by atoms with E-state index >= 15 is 0 Å². The van der Waals surface area contributed by atoms with Crippen LogP contribution in [-0.2, 0) is 6.42 Å². The van der Waals surface area contributed by atoms with E-state index in [2.05, 4.69) is 38.0 Å². The SMILES string of the molecule is CCCc1nc(C)c(C(=O)NC(C)(C)CCC)s1. The zero-order chi connectivity index (χ0) is 13.8. The van der Waals surface area contributed by atoms with Gasteiger partial charge in [0.15, 0.2) is 0 Å². The standard InChI is InChI=1S/C14H24N2OS/c1-6-8-11-15-10(3)12(18-11)13(17)16-14(4,5)9-7-2/h6-9H2,1-5H3,(H,16,17). The van der Waals surface area contributed by atoms with E-state index in [9.17, 15) is 4.79 Å². The Morgan fingerprint density at radius 2 is 2.00 bits per heavy atom. The van der Waals surface area contributed by atoms with Gasteiger partial charge in [0.1, 0.15) is 4.88 Å². The molecule has 1 rings (SSSR count). The van der Waals surface area contributed by atoms with Gasteiger partial charge in [-0.05, 0) is 40.0 Å². The summed E-state index contributed by atoms with van der Waals surface area (Å²) >= 11 is 1.53. The zero-order valence-corrected chi connectivity index (χ0v) is 12.9. The van der Waals surface area contributed by atoms with Crippen molar-refractivity contribution in [3.63, 3.8) is 0 Å². The molecule has 0 saturated carbocycles. The minimum atomic E-state index is -0.146. The molecule has 4 heteroatoms. The summed E-state index contributed by atoms with van der Waals surface area (Å²) in [6.07, 6.45) is 4.07. The topological polar surface area (TPSA) is 42.0 Å². The summed E-state index contributed by atoms with van der Waals surface area (Å²) in [6, 6.07) is 0. The molecule has 1 aromatic heterocycles. The molecule has 1 N–H and O–H groups in total. The predicted octanol–water partition coefficient (Wildman–Crippen LogP) is 3.71. The lowest BCUT2D eigenvalue weighted by atomic mass is 9.99. The molecule has 1 heterocycles. The van der Waals surface area contributed by atoms with Gasteiger partial charge < -0.3 is 5.32 Å². The second-order valence-electron chi connectivity index (χ2n) is 5.36. The van der Waals surface area contributed by atoms with Crippen LogP contribution >= 0.6 is 11.3 Å². The first-order valence-corrected chi connectivity index (χ1v) is 7.50. The lowest BCUT2D eigenvalue weighted by molar-refractivity contribution is 0.0912. The molecule has 0 saturated heterocycles. The number of thiazole rings is 1. The number of amides is 1. The van der Waals surface area contributed by atoms with Crippen LogP contribution in [-0.4, -0.2) is 16.4 Å². The molecule has 0 aliphatic heterocycles. The Kier molecular flexibility index (Phi) is 5.32. The summed E-state index contributed by atoms with van der Waals surface area (Å²) in [7, 11) is 0. The Balaban J connectivity index is 2.78. The van der Waals surface area contributed by atoms with Crippen LogP contribution < -0.4 is 5.32 Å². The van der Waals surface area contributed by atoms with Gasteiger partial charge in [-0.3, -0.25) is 4.79 Å². The molecule has 0 bridgehead atoms. The van der Waals surface area contributed by atoms with E-state index in [1.807, 2.05) is 6.92 Å². The zero-order valence-electron chi connectivity index (χ0n) is 12.1. The van der Waals surface area contributed by atoms with Crippen LogP contribution in [0.4, 0.5) is 0 Å². The van der Waals surface area contributed by atoms with Gasteiger partial charge in [0, 0.05) is 5.54 Å². The van der Waals surface area contributed by atoms with Crippen LogP contribution in [0, 0.1) is 6.92 Å². The largest absolute Gasteiger partial charge is 0.346 e. The summed E-state index contributed by atoms with van der Waals surface area (Å²) < 4.78 is 0. The van der Waals surface area contributed by atoms with Crippen LogP contribution in [0.2, 0.25) is 0 Å². The number of rotatable bonds is 6. The molecule has 0 aliphatic carbocycles. The molecule has 0 radical (unpaired) electrons. The molecule has 18 heavy (non-hydrogen) atoms. The van der Waals surface area contributed by atoms with E-state index in [1.54, 1.807) is 0 Å². The summed E-state index contributed by atoms with van der Waals surface area (Å²) in [6.45, 7) is 10.3. The van der Waals surface area contributed by atoms with Crippen LogP contribution in [0.15, 0.2) is 0 Å². The van der Waals surface area contributed by atoms with Crippen LogP contribution in [0.5, 0.6) is 0 Å². The van der Waals surface area contributed by atoms with E-state index in [-0.39, 0.29) is 11.4 Å². The number of carbonyl (C=O) groups is 1. The first kappa shape index (κ1) is 15.2. The summed E-state index contributed by atoms with van der Waals surface area (Å²) in [5.41, 5.74) is 0.709. The maximum absolute atomic E-state index is 12.2. The Hall–Kier alpha value is -0.900. The quantitative estimate of drug-likeness (QED) is 0.854. The van der Waals surface area contributed by atoms with E-state index in [4.69, 9.17) is 0 Å². The fourth-order valence-electron chi connectivity index (χ4n) is 2.04. The molecule has 0 spiro atoms. The number of nitrogens with zero attached hydrogens (tertiary/aromatic N) is 1. The van der Waals surface area contributed by atoms with Crippen molar-refractivity contribution in [3.8, 4) is 0 Å². The Labute approximate surface area is 114 Å². The lowest BCUT2D eigenvalue weighted by Gasteiger charge is -2.25. The third-order valence-electron chi connectivity index (χ3n) is 2.84. The van der Waals surface area contributed by atoms with Gasteiger partial charge in [-0.25, -0.2) is 4.98 Å². The van der Waals surface area contributed by atoms with Gasteiger partial charge in [0.05, 0.1) is 10.7 Å². The number of hydrogen-bond acceptors (Lipinski definition) is 3. The van der Waals surface area contributed by atoms with Gasteiger partial charge in [0.25, 0.3) is 5.91 Å². The van der Waals surface area contributed by atoms with Crippen LogP contribution in [0.1, 0.15) is 67.3 Å². The highest BCUT2D eigenvalue weighted by molar-refractivity contribution is 7.13. The second-order valence-corrected chi connectivity index (χ2v) is 6.44. The van der Waals surface area contributed by atoms with E-state index in [0.717, 1.165) is 41.3 Å². The van der Waals surface area contributed by atoms with Gasteiger partial charge in [-0.15, -0.1) is 11.3 Å². The molecule has 0 unspecified atom stereocenters. The molecule has 1 amide bonds. The number of aromatic nitrogens is 1. The first-order valence-electron chi connectivity index (χ1n) is 6.68. The smallest absolute Gasteiger partial charge is 0.263 e. The molecule has 3 nitrogen and oxygen atoms in total. The molecule has 1 aromatic rings. The van der Waals surface area contributed by atoms with Crippen molar-refractivity contribution >= 4 is 17.2 Å². The van der Waals surface area contributed by atoms with Gasteiger partial charge >= 0.3 is 0 Å². The molecule has 0 aliphatic rings. The minimum absolute atomic E-state index is 0.0193. The van der Waals surface area contributed by atoms with Crippen LogP contribution in [0.3, 0.4) is 0 Å². The molecule has 0 atom stereocenters. The average molecular weight is 268 g/mol. The van der Waals surface area contributed by atoms with Gasteiger partial charge in [0.2, 0.25) is 0 Å². The summed E-state index contributed by atoms with van der Waals surface area (Å²) in [5, 5.41) is 4.16. The third-order valence-corrected chi connectivity index (χ3v) is 4.05. The molecule has 102 valence electrons. The third kappa shape index (κ3) is 4.09. The van der Waals surface area contributed by atoms with Crippen molar-refractivity contribution in [2.75, 3.05) is 0 Å². The normalized spacial score (nSPS) is 11.6. The van der Waals surface area contributed by atoms with E-state index < -0.39 is 0 Å². The monoisotopic (exact) mass is 268 g/mol. The lowest BCUT2D eigenvalue weighted by Crippen LogP contribution is -2.43. The van der Waals surface area contributed by atoms with Crippen molar-refractivity contribution in [1.29, 1.82) is 0 Å². The fourth-order valence-corrected chi connectivity index (χ4v) is 3.10. The first-order chi connectivity index (χ1) is 8.39. The van der Waals surface area contributed by atoms with Crippen molar-refractivity contribution in [2.45, 2.75) is 65.8 Å². The molecular weight excluding hydrogens is 244 g/mol. The molecule has 0 aromatic carbocycles. The Morgan fingerprint density at radius 1 is 1.33 bits per heavy atom. The Bertz CT molecular complexity index is 410. The van der Waals surface area contributed by atoms with Gasteiger partial charge in [-0.2, -0.15) is 0 Å². The molecule has 0 fully saturated rings. The fraction of sp³-hybridized carbons (Fsp3) is 0.714.